The lowest BCUT2D eigenvalue weighted by Gasteiger charge is -2.22. The fourth-order valence-electron chi connectivity index (χ4n) is 1.30. The molecular weight excluding hydrogens is 305 g/mol. The van der Waals surface area contributed by atoms with Crippen molar-refractivity contribution < 1.29 is 9.53 Å². The summed E-state index contributed by atoms with van der Waals surface area (Å²) < 4.78 is 5.65. The molecule has 0 amide bonds. The van der Waals surface area contributed by atoms with Gasteiger partial charge in [-0.1, -0.05) is 27.5 Å². The molecule has 1 N–H and O–H groups in total. The second kappa shape index (κ2) is 5.74. The molecule has 3 nitrogen and oxygen atoms in total. The van der Waals surface area contributed by atoms with E-state index in [1.54, 1.807) is 6.07 Å². The number of methoxy groups -OCH3 is 1. The molecule has 1 aromatic carbocycles. The standard InChI is InChI=1S/C12H15BrClNO2/c1-12(2,11(16)17-3)7-15-10-5-4-8(13)6-9(10)14/h4-6,15H,7H2,1-3H3. The maximum absolute atomic E-state index is 11.5. The molecule has 0 aliphatic heterocycles. The van der Waals surface area contributed by atoms with Crippen LogP contribution in [0.4, 0.5) is 5.69 Å². The number of esters is 1. The van der Waals surface area contributed by atoms with Crippen LogP contribution in [0.5, 0.6) is 0 Å². The number of nitrogens with one attached hydrogen (secondary N) is 1. The molecule has 1 aromatic rings. The number of carbonyl (C=O) groups excluding carboxylic acids is 1. The summed E-state index contributed by atoms with van der Waals surface area (Å²) in [5.41, 5.74) is 0.206. The lowest BCUT2D eigenvalue weighted by molar-refractivity contribution is -0.149. The van der Waals surface area contributed by atoms with Gasteiger partial charge in [0.1, 0.15) is 0 Å². The summed E-state index contributed by atoms with van der Waals surface area (Å²) in [4.78, 5) is 11.5. The highest BCUT2D eigenvalue weighted by atomic mass is 79.9. The maximum atomic E-state index is 11.5. The lowest BCUT2D eigenvalue weighted by Crippen LogP contribution is -2.33. The molecule has 1 rings (SSSR count). The molecule has 5 heteroatoms. The van der Waals surface area contributed by atoms with Gasteiger partial charge in [-0.2, -0.15) is 0 Å². The van der Waals surface area contributed by atoms with E-state index >= 15 is 0 Å². The first-order valence-electron chi connectivity index (χ1n) is 5.14. The van der Waals surface area contributed by atoms with Crippen LogP contribution >= 0.6 is 27.5 Å². The summed E-state index contributed by atoms with van der Waals surface area (Å²) >= 11 is 9.40. The molecule has 0 fully saturated rings. The van der Waals surface area contributed by atoms with Gasteiger partial charge >= 0.3 is 5.97 Å². The van der Waals surface area contributed by atoms with E-state index in [4.69, 9.17) is 16.3 Å². The summed E-state index contributed by atoms with van der Waals surface area (Å²) in [6.07, 6.45) is 0. The van der Waals surface area contributed by atoms with Crippen LogP contribution in [0.25, 0.3) is 0 Å². The number of carbonyl (C=O) groups is 1. The molecule has 0 bridgehead atoms. The zero-order valence-electron chi connectivity index (χ0n) is 10.0. The number of benzene rings is 1. The highest BCUT2D eigenvalue weighted by molar-refractivity contribution is 9.10. The molecule has 0 saturated heterocycles. The molecule has 94 valence electrons. The highest BCUT2D eigenvalue weighted by Crippen LogP contribution is 2.27. The first kappa shape index (κ1) is 14.3. The van der Waals surface area contributed by atoms with E-state index in [9.17, 15) is 4.79 Å². The third-order valence-corrected chi connectivity index (χ3v) is 3.20. The predicted octanol–water partition coefficient (Wildman–Crippen LogP) is 3.71. The van der Waals surface area contributed by atoms with Crippen LogP contribution in [-0.2, 0) is 9.53 Å². The van der Waals surface area contributed by atoms with Crippen molar-refractivity contribution in [3.05, 3.63) is 27.7 Å². The third kappa shape index (κ3) is 3.89. The number of hydrogen-bond acceptors (Lipinski definition) is 3. The molecule has 0 radical (unpaired) electrons. The minimum Gasteiger partial charge on any atom is -0.469 e. The summed E-state index contributed by atoms with van der Waals surface area (Å²) in [7, 11) is 1.39. The van der Waals surface area contributed by atoms with Crippen LogP contribution in [0.15, 0.2) is 22.7 Å². The average molecular weight is 321 g/mol. The van der Waals surface area contributed by atoms with Gasteiger partial charge in [0.05, 0.1) is 23.2 Å². The summed E-state index contributed by atoms with van der Waals surface area (Å²) in [6, 6.07) is 5.55. The summed E-state index contributed by atoms with van der Waals surface area (Å²) in [5, 5.41) is 3.75. The van der Waals surface area contributed by atoms with Crippen LogP contribution in [0.2, 0.25) is 5.02 Å². The Hall–Kier alpha value is -0.740. The van der Waals surface area contributed by atoms with E-state index in [-0.39, 0.29) is 5.97 Å². The molecule has 17 heavy (non-hydrogen) atoms. The second-order valence-electron chi connectivity index (χ2n) is 4.35. The normalized spacial score (nSPS) is 11.1. The van der Waals surface area contributed by atoms with Crippen LogP contribution in [0.1, 0.15) is 13.8 Å². The second-order valence-corrected chi connectivity index (χ2v) is 5.68. The van der Waals surface area contributed by atoms with Crippen LogP contribution in [0, 0.1) is 5.41 Å². The quantitative estimate of drug-likeness (QED) is 0.859. The Morgan fingerprint density at radius 1 is 1.53 bits per heavy atom. The van der Waals surface area contributed by atoms with Crippen molar-refractivity contribution in [2.75, 3.05) is 19.0 Å². The van der Waals surface area contributed by atoms with E-state index in [0.29, 0.717) is 11.6 Å². The monoisotopic (exact) mass is 319 g/mol. The van der Waals surface area contributed by atoms with Gasteiger partial charge in [0.25, 0.3) is 0 Å². The molecular formula is C12H15BrClNO2. The predicted molar refractivity (Wildman–Crippen MR) is 73.4 cm³/mol. The molecule has 0 aromatic heterocycles. The Balaban J connectivity index is 2.70. The van der Waals surface area contributed by atoms with Gasteiger partial charge in [0.15, 0.2) is 0 Å². The number of anilines is 1. The fraction of sp³-hybridized carbons (Fsp3) is 0.417. The average Bonchev–Trinajstić information content (AvgIpc) is 2.26. The zero-order chi connectivity index (χ0) is 13.1. The third-order valence-electron chi connectivity index (χ3n) is 2.39. The lowest BCUT2D eigenvalue weighted by atomic mass is 9.93. The van der Waals surface area contributed by atoms with E-state index in [2.05, 4.69) is 21.2 Å². The van der Waals surface area contributed by atoms with E-state index in [1.165, 1.54) is 7.11 Å². The van der Waals surface area contributed by atoms with Gasteiger partial charge in [-0.05, 0) is 32.0 Å². The maximum Gasteiger partial charge on any atom is 0.313 e. The first-order chi connectivity index (χ1) is 7.86. The van der Waals surface area contributed by atoms with E-state index in [0.717, 1.165) is 10.2 Å². The Kier molecular flexibility index (Phi) is 4.83. The SMILES string of the molecule is COC(=O)C(C)(C)CNc1ccc(Br)cc1Cl. The fourth-order valence-corrected chi connectivity index (χ4v) is 2.04. The van der Waals surface area contributed by atoms with Crippen molar-refractivity contribution in [3.8, 4) is 0 Å². The molecule has 0 unspecified atom stereocenters. The van der Waals surface area contributed by atoms with E-state index < -0.39 is 5.41 Å². The van der Waals surface area contributed by atoms with Gasteiger partial charge in [0.2, 0.25) is 0 Å². The number of hydrogen-bond donors (Lipinski definition) is 1. The molecule has 0 heterocycles. The van der Waals surface area contributed by atoms with Gasteiger partial charge in [0, 0.05) is 11.0 Å². The number of halogens is 2. The van der Waals surface area contributed by atoms with Crippen molar-refractivity contribution in [1.29, 1.82) is 0 Å². The minimum absolute atomic E-state index is 0.252. The smallest absolute Gasteiger partial charge is 0.313 e. The molecule has 0 spiro atoms. The topological polar surface area (TPSA) is 38.3 Å². The summed E-state index contributed by atoms with van der Waals surface area (Å²) in [6.45, 7) is 4.10. The summed E-state index contributed by atoms with van der Waals surface area (Å²) in [5.74, 6) is -0.252. The zero-order valence-corrected chi connectivity index (χ0v) is 12.4. The Morgan fingerprint density at radius 2 is 2.18 bits per heavy atom. The Morgan fingerprint density at radius 3 is 2.71 bits per heavy atom. The van der Waals surface area contributed by atoms with Crippen LogP contribution in [0.3, 0.4) is 0 Å². The van der Waals surface area contributed by atoms with Gasteiger partial charge in [-0.15, -0.1) is 0 Å². The van der Waals surface area contributed by atoms with Gasteiger partial charge in [-0.25, -0.2) is 0 Å². The van der Waals surface area contributed by atoms with Crippen molar-refractivity contribution in [1.82, 2.24) is 0 Å². The van der Waals surface area contributed by atoms with Crippen molar-refractivity contribution >= 4 is 39.2 Å². The van der Waals surface area contributed by atoms with Crippen molar-refractivity contribution in [2.24, 2.45) is 5.41 Å². The molecule has 0 atom stereocenters. The van der Waals surface area contributed by atoms with Gasteiger partial charge < -0.3 is 10.1 Å². The highest BCUT2D eigenvalue weighted by Gasteiger charge is 2.28. The van der Waals surface area contributed by atoms with Gasteiger partial charge in [-0.3, -0.25) is 4.79 Å². The minimum atomic E-state index is -0.592. The Bertz CT molecular complexity index is 421. The molecule has 0 aliphatic carbocycles. The number of ether oxygens (including phenoxy) is 1. The van der Waals surface area contributed by atoms with Crippen LogP contribution < -0.4 is 5.32 Å². The number of rotatable bonds is 4. The van der Waals surface area contributed by atoms with Crippen molar-refractivity contribution in [3.63, 3.8) is 0 Å². The largest absolute Gasteiger partial charge is 0.469 e. The molecule has 0 saturated carbocycles. The van der Waals surface area contributed by atoms with E-state index in [1.807, 2.05) is 26.0 Å². The molecule has 0 aliphatic rings. The first-order valence-corrected chi connectivity index (χ1v) is 6.31. The van der Waals surface area contributed by atoms with Crippen LogP contribution in [-0.4, -0.2) is 19.6 Å². The Labute approximate surface area is 115 Å². The van der Waals surface area contributed by atoms with Crippen molar-refractivity contribution in [2.45, 2.75) is 13.8 Å².